The molecule has 0 bridgehead atoms. The summed E-state index contributed by atoms with van der Waals surface area (Å²) in [6.07, 6.45) is 5.11. The van der Waals surface area contributed by atoms with Crippen LogP contribution in [0.15, 0.2) is 88.1 Å². The van der Waals surface area contributed by atoms with Crippen LogP contribution in [-0.2, 0) is 6.42 Å². The van der Waals surface area contributed by atoms with Crippen molar-refractivity contribution in [2.75, 3.05) is 0 Å². The Morgan fingerprint density at radius 3 is 2.18 bits per heavy atom. The van der Waals surface area contributed by atoms with Gasteiger partial charge in [-0.2, -0.15) is 15.3 Å². The van der Waals surface area contributed by atoms with Gasteiger partial charge in [-0.05, 0) is 65.8 Å². The minimum Gasteiger partial charge on any atom is -0.323 e. The first-order chi connectivity index (χ1) is 16.1. The minimum atomic E-state index is -0.377. The molecule has 168 valence electrons. The molecule has 2 saturated carbocycles. The maximum Gasteiger partial charge on any atom is 0.0913 e. The Morgan fingerprint density at radius 2 is 1.52 bits per heavy atom. The Kier molecular flexibility index (Phi) is 5.44. The maximum atomic E-state index is 8.12. The fourth-order valence-corrected chi connectivity index (χ4v) is 6.14. The van der Waals surface area contributed by atoms with Crippen molar-refractivity contribution in [3.05, 3.63) is 83.9 Å². The second-order valence-corrected chi connectivity index (χ2v) is 9.67. The van der Waals surface area contributed by atoms with E-state index in [9.17, 15) is 0 Å². The summed E-state index contributed by atoms with van der Waals surface area (Å²) in [4.78, 5) is 0. The quantitative estimate of drug-likeness (QED) is 0.282. The number of hydrogen-bond acceptors (Lipinski definition) is 6. The zero-order chi connectivity index (χ0) is 22.9. The first-order valence-electron chi connectivity index (χ1n) is 11.6. The molecule has 0 amide bonds. The lowest BCUT2D eigenvalue weighted by Gasteiger charge is -2.45. The standard InChI is InChI=1S/C27H30N6/c28-31-23-18-26(24(25(23)32-29)21-7-2-1-3-8-21)12-14-27(33-30,15-13-26)17-19-10-11-20-6-4-5-9-22(20)16-19/h1-11,16,24,30H,12-15,17-18,28-29H2. The minimum absolute atomic E-state index is 0.0463. The first kappa shape index (κ1) is 21.3. The Labute approximate surface area is 194 Å². The third-order valence-corrected chi connectivity index (χ3v) is 7.89. The summed E-state index contributed by atoms with van der Waals surface area (Å²) in [6, 6.07) is 25.4. The molecule has 2 aliphatic rings. The van der Waals surface area contributed by atoms with Gasteiger partial charge in [0.25, 0.3) is 0 Å². The van der Waals surface area contributed by atoms with Gasteiger partial charge in [-0.3, -0.25) is 0 Å². The van der Waals surface area contributed by atoms with Gasteiger partial charge in [0.05, 0.1) is 17.0 Å². The van der Waals surface area contributed by atoms with Crippen LogP contribution in [0.4, 0.5) is 0 Å². The highest BCUT2D eigenvalue weighted by Crippen LogP contribution is 2.57. The lowest BCUT2D eigenvalue weighted by molar-refractivity contribution is 0.127. The highest BCUT2D eigenvalue weighted by atomic mass is 15.2. The largest absolute Gasteiger partial charge is 0.323 e. The molecular weight excluding hydrogens is 408 g/mol. The molecule has 1 unspecified atom stereocenters. The number of nitrogens with zero attached hydrogens (tertiary/aromatic N) is 3. The Hall–Kier alpha value is -3.54. The molecule has 0 heterocycles. The van der Waals surface area contributed by atoms with Crippen molar-refractivity contribution in [1.29, 1.82) is 5.53 Å². The second-order valence-electron chi connectivity index (χ2n) is 9.67. The van der Waals surface area contributed by atoms with Crippen molar-refractivity contribution >= 4 is 22.2 Å². The lowest BCUT2D eigenvalue weighted by atomic mass is 9.60. The van der Waals surface area contributed by atoms with Crippen LogP contribution in [0.25, 0.3) is 10.8 Å². The summed E-state index contributed by atoms with van der Waals surface area (Å²) in [5.41, 5.74) is 11.7. The molecule has 0 aliphatic heterocycles. The third-order valence-electron chi connectivity index (χ3n) is 7.89. The van der Waals surface area contributed by atoms with E-state index in [0.29, 0.717) is 0 Å². The Morgan fingerprint density at radius 1 is 0.818 bits per heavy atom. The fourth-order valence-electron chi connectivity index (χ4n) is 6.14. The summed E-state index contributed by atoms with van der Waals surface area (Å²) in [6.45, 7) is 0. The SMILES string of the molecule is N=NC1(Cc2ccc3ccccc3c2)CCC2(CC1)CC(=NN)C(=NN)C2c1ccccc1. The second kappa shape index (κ2) is 8.43. The molecule has 1 atom stereocenters. The van der Waals surface area contributed by atoms with Gasteiger partial charge in [-0.1, -0.05) is 72.8 Å². The van der Waals surface area contributed by atoms with E-state index in [1.54, 1.807) is 0 Å². The van der Waals surface area contributed by atoms with Crippen LogP contribution in [0.5, 0.6) is 0 Å². The van der Waals surface area contributed by atoms with Crippen molar-refractivity contribution in [3.8, 4) is 0 Å². The van der Waals surface area contributed by atoms with Crippen LogP contribution >= 0.6 is 0 Å². The summed E-state index contributed by atoms with van der Waals surface area (Å²) >= 11 is 0. The zero-order valence-corrected chi connectivity index (χ0v) is 18.7. The molecule has 2 fully saturated rings. The lowest BCUT2D eigenvalue weighted by Crippen LogP contribution is -2.41. The molecule has 2 aliphatic carbocycles. The predicted molar refractivity (Wildman–Crippen MR) is 133 cm³/mol. The average molecular weight is 439 g/mol. The molecule has 3 aromatic carbocycles. The van der Waals surface area contributed by atoms with E-state index < -0.39 is 0 Å². The molecule has 33 heavy (non-hydrogen) atoms. The van der Waals surface area contributed by atoms with Crippen LogP contribution in [0, 0.1) is 10.9 Å². The van der Waals surface area contributed by atoms with Gasteiger partial charge in [0.1, 0.15) is 0 Å². The monoisotopic (exact) mass is 438 g/mol. The van der Waals surface area contributed by atoms with Gasteiger partial charge in [-0.25, -0.2) is 5.53 Å². The molecule has 5 N–H and O–H groups in total. The fraction of sp³-hybridized carbons (Fsp3) is 0.333. The summed E-state index contributed by atoms with van der Waals surface area (Å²) in [7, 11) is 0. The Balaban J connectivity index is 1.44. The molecule has 5 rings (SSSR count). The van der Waals surface area contributed by atoms with E-state index in [1.165, 1.54) is 21.9 Å². The number of nitrogens with one attached hydrogen (secondary N) is 1. The van der Waals surface area contributed by atoms with E-state index in [0.717, 1.165) is 49.9 Å². The summed E-state index contributed by atoms with van der Waals surface area (Å²) in [5.74, 6) is 11.7. The molecule has 1 spiro atoms. The number of hydrogen-bond donors (Lipinski definition) is 3. The highest BCUT2D eigenvalue weighted by Gasteiger charge is 2.54. The number of fused-ring (bicyclic) bond motifs is 1. The first-order valence-corrected chi connectivity index (χ1v) is 11.6. The van der Waals surface area contributed by atoms with Gasteiger partial charge in [0, 0.05) is 5.92 Å². The van der Waals surface area contributed by atoms with E-state index in [-0.39, 0.29) is 16.9 Å². The van der Waals surface area contributed by atoms with Gasteiger partial charge in [0.15, 0.2) is 0 Å². The van der Waals surface area contributed by atoms with Gasteiger partial charge >= 0.3 is 0 Å². The van der Waals surface area contributed by atoms with Crippen molar-refractivity contribution in [1.82, 2.24) is 0 Å². The smallest absolute Gasteiger partial charge is 0.0913 e. The molecule has 0 saturated heterocycles. The van der Waals surface area contributed by atoms with Crippen molar-refractivity contribution in [2.24, 2.45) is 32.4 Å². The van der Waals surface area contributed by atoms with E-state index in [1.807, 2.05) is 6.07 Å². The topological polar surface area (TPSA) is 113 Å². The number of rotatable bonds is 4. The molecule has 0 aromatic heterocycles. The summed E-state index contributed by atoms with van der Waals surface area (Å²) in [5, 5.41) is 14.9. The Bertz CT molecular complexity index is 1220. The van der Waals surface area contributed by atoms with E-state index >= 15 is 0 Å². The molecular formula is C27H30N6. The van der Waals surface area contributed by atoms with Gasteiger partial charge in [-0.15, -0.1) is 0 Å². The van der Waals surface area contributed by atoms with E-state index in [2.05, 4.69) is 82.0 Å². The normalized spacial score (nSPS) is 29.8. The maximum absolute atomic E-state index is 8.12. The van der Waals surface area contributed by atoms with Crippen molar-refractivity contribution < 1.29 is 0 Å². The average Bonchev–Trinajstić information content (AvgIpc) is 3.19. The number of nitrogens with two attached hydrogens (primary N) is 2. The van der Waals surface area contributed by atoms with Crippen LogP contribution in [0.3, 0.4) is 0 Å². The highest BCUT2D eigenvalue weighted by molar-refractivity contribution is 6.46. The number of benzene rings is 3. The van der Waals surface area contributed by atoms with Crippen LogP contribution in [0.1, 0.15) is 49.1 Å². The molecule has 3 aromatic rings. The van der Waals surface area contributed by atoms with Crippen LogP contribution < -0.4 is 11.7 Å². The van der Waals surface area contributed by atoms with Crippen LogP contribution in [-0.4, -0.2) is 17.0 Å². The molecule has 6 nitrogen and oxygen atoms in total. The van der Waals surface area contributed by atoms with Crippen molar-refractivity contribution in [2.45, 2.75) is 50.0 Å². The third kappa shape index (κ3) is 3.69. The predicted octanol–water partition coefficient (Wildman–Crippen LogP) is 5.53. The molecule has 6 heteroatoms. The van der Waals surface area contributed by atoms with E-state index in [4.69, 9.17) is 17.2 Å². The van der Waals surface area contributed by atoms with Crippen molar-refractivity contribution in [3.63, 3.8) is 0 Å². The molecule has 0 radical (unpaired) electrons. The van der Waals surface area contributed by atoms with Gasteiger partial charge < -0.3 is 11.7 Å². The zero-order valence-electron chi connectivity index (χ0n) is 18.7. The summed E-state index contributed by atoms with van der Waals surface area (Å²) < 4.78 is 0. The number of hydrazone groups is 2. The van der Waals surface area contributed by atoms with Gasteiger partial charge in [0.2, 0.25) is 0 Å². The van der Waals surface area contributed by atoms with Crippen LogP contribution in [0.2, 0.25) is 0 Å².